The third-order valence-electron chi connectivity index (χ3n) is 8.61. The predicted molar refractivity (Wildman–Crippen MR) is 151 cm³/mol. The Morgan fingerprint density at radius 3 is 1.86 bits per heavy atom. The van der Waals surface area contributed by atoms with Crippen molar-refractivity contribution in [3.05, 3.63) is 75.9 Å². The van der Waals surface area contributed by atoms with Gasteiger partial charge in [-0.15, -0.1) is 0 Å². The third kappa shape index (κ3) is 5.76. The summed E-state index contributed by atoms with van der Waals surface area (Å²) in [5.41, 5.74) is 12.9. The maximum absolute atomic E-state index is 2.61. The van der Waals surface area contributed by atoms with Gasteiger partial charge in [-0.25, -0.2) is 0 Å². The Morgan fingerprint density at radius 2 is 1.30 bits per heavy atom. The van der Waals surface area contributed by atoms with Crippen molar-refractivity contribution < 1.29 is 46.1 Å². The number of fused-ring (bicyclic) bond motifs is 3. The maximum atomic E-state index is 2.61. The van der Waals surface area contributed by atoms with Crippen LogP contribution in [0.3, 0.4) is 0 Å². The summed E-state index contributed by atoms with van der Waals surface area (Å²) < 4.78 is 4.55. The van der Waals surface area contributed by atoms with E-state index in [9.17, 15) is 0 Å². The molecule has 3 heteroatoms. The molecule has 5 rings (SSSR count). The second kappa shape index (κ2) is 11.4. The van der Waals surface area contributed by atoms with Crippen LogP contribution in [0.15, 0.2) is 42.5 Å². The molecule has 0 aliphatic heterocycles. The first kappa shape index (κ1) is 30.8. The van der Waals surface area contributed by atoms with Crippen LogP contribution in [0.4, 0.5) is 0 Å². The van der Waals surface area contributed by atoms with Gasteiger partial charge < -0.3 is 24.8 Å². The van der Waals surface area contributed by atoms with E-state index in [1.54, 1.807) is 27.8 Å². The van der Waals surface area contributed by atoms with Gasteiger partial charge in [0.05, 0.1) is 0 Å². The van der Waals surface area contributed by atoms with Gasteiger partial charge >= 0.3 is 223 Å². The number of benzene rings is 2. The molecule has 2 aromatic carbocycles. The van der Waals surface area contributed by atoms with E-state index in [1.807, 2.05) is 6.48 Å². The quantitative estimate of drug-likeness (QED) is 0.417. The van der Waals surface area contributed by atoms with E-state index in [1.165, 1.54) is 48.8 Å². The predicted octanol–water partition coefficient (Wildman–Crippen LogP) is 2.77. The van der Waals surface area contributed by atoms with Crippen LogP contribution < -0.4 is 28.1 Å². The van der Waals surface area contributed by atoms with E-state index in [-0.39, 0.29) is 35.6 Å². The van der Waals surface area contributed by atoms with Crippen LogP contribution in [0.2, 0.25) is 3.63 Å². The number of halogens is 2. The number of rotatable bonds is 2. The standard InChI is InChI=1S/C23H29.C6H10.C5H5.2ClH.Zr/c1-14-9-16-11-17-10-15(2)21(23(6,7)8)13-19(17)18(16)12-20(14)22(3,4)5;1-2-4-6-5-3-1;1-2-4-5-3-1;;;/h9,12-13H,11H2,1-8H3;1-5H2;1-5H;2*1H;/q;;;;;+2/p-2. The van der Waals surface area contributed by atoms with Crippen molar-refractivity contribution in [1.29, 1.82) is 0 Å². The van der Waals surface area contributed by atoms with Gasteiger partial charge in [0.15, 0.2) is 0 Å². The third-order valence-corrected chi connectivity index (χ3v) is 17.3. The van der Waals surface area contributed by atoms with Crippen LogP contribution in [0, 0.1) is 13.8 Å². The minimum absolute atomic E-state index is 0. The minimum atomic E-state index is -2.13. The van der Waals surface area contributed by atoms with Gasteiger partial charge in [0.25, 0.3) is 0 Å². The molecule has 0 amide bonds. The van der Waals surface area contributed by atoms with Crippen molar-refractivity contribution in [3.63, 3.8) is 0 Å². The summed E-state index contributed by atoms with van der Waals surface area (Å²) in [6, 6.07) is 7.70. The van der Waals surface area contributed by atoms with Crippen molar-refractivity contribution >= 4 is 6.48 Å². The Kier molecular flexibility index (Phi) is 9.48. The summed E-state index contributed by atoms with van der Waals surface area (Å²) in [6.07, 6.45) is 17.9. The molecule has 198 valence electrons. The fourth-order valence-electron chi connectivity index (χ4n) is 7.02. The van der Waals surface area contributed by atoms with Gasteiger partial charge in [-0.3, -0.25) is 0 Å². The van der Waals surface area contributed by atoms with Gasteiger partial charge in [-0.05, 0) is 0 Å². The largest absolute Gasteiger partial charge is 1.00 e. The van der Waals surface area contributed by atoms with Crippen LogP contribution in [0.5, 0.6) is 0 Å². The normalized spacial score (nSPS) is 16.6. The summed E-state index contributed by atoms with van der Waals surface area (Å²) in [5, 5.41) is 0. The molecule has 0 saturated heterocycles. The molecule has 0 radical (unpaired) electrons. The van der Waals surface area contributed by atoms with E-state index in [2.05, 4.69) is 97.9 Å². The monoisotopic (exact) mass is 612 g/mol. The average Bonchev–Trinajstić information content (AvgIpc) is 3.41. The van der Waals surface area contributed by atoms with Crippen molar-refractivity contribution in [2.75, 3.05) is 0 Å². The van der Waals surface area contributed by atoms with Crippen LogP contribution in [-0.2, 0) is 38.5 Å². The Bertz CT molecular complexity index is 1260. The summed E-state index contributed by atoms with van der Waals surface area (Å²) >= 11 is -2.13. The van der Waals surface area contributed by atoms with Crippen LogP contribution in [0.25, 0.3) is 11.1 Å². The van der Waals surface area contributed by atoms with Crippen LogP contribution >= 0.6 is 0 Å². The zero-order chi connectivity index (χ0) is 25.1. The molecule has 3 aliphatic carbocycles. The SMILES string of the molecule is Cc1cc2c(cc1C(C)(C)C)-c1cc(C(C)(C)C)c(C)[c]([Zr+2](=[C]3CCCCC3)[CH]3C=CC=C3)c1C2.[Cl-].[Cl-]. The Hall–Kier alpha value is -0.747. The number of hydrogen-bond acceptors (Lipinski definition) is 0. The Labute approximate surface area is 246 Å². The summed E-state index contributed by atoms with van der Waals surface area (Å²) in [6.45, 7) is 19.2. The van der Waals surface area contributed by atoms with Crippen LogP contribution in [-0.4, -0.2) is 3.21 Å². The molecule has 0 atom stereocenters. The molecule has 37 heavy (non-hydrogen) atoms. The molecule has 0 bridgehead atoms. The molecular weight excluding hydrogens is 571 g/mol. The zero-order valence-electron chi connectivity index (χ0n) is 24.1. The maximum Gasteiger partial charge on any atom is -1.00 e. The van der Waals surface area contributed by atoms with E-state index in [0.29, 0.717) is 3.63 Å². The minimum Gasteiger partial charge on any atom is -1.00 e. The molecule has 0 unspecified atom stereocenters. The first-order valence-corrected chi connectivity index (χ1v) is 17.7. The average molecular weight is 615 g/mol. The Balaban J connectivity index is 0.00000190. The number of hydrogen-bond donors (Lipinski definition) is 0. The fraction of sp³-hybridized carbons (Fsp3) is 0.500. The van der Waals surface area contributed by atoms with Crippen molar-refractivity contribution in [3.8, 4) is 11.1 Å². The molecule has 0 N–H and O–H groups in total. The molecule has 2 aromatic rings. The topological polar surface area (TPSA) is 0 Å². The van der Waals surface area contributed by atoms with Crippen LogP contribution in [0.1, 0.15) is 107 Å². The summed E-state index contributed by atoms with van der Waals surface area (Å²) in [7, 11) is 0. The molecule has 0 nitrogen and oxygen atoms in total. The van der Waals surface area contributed by atoms with Crippen molar-refractivity contribution in [1.82, 2.24) is 0 Å². The molecule has 1 saturated carbocycles. The van der Waals surface area contributed by atoms with Crippen molar-refractivity contribution in [2.24, 2.45) is 0 Å². The van der Waals surface area contributed by atoms with Gasteiger partial charge in [-0.1, -0.05) is 0 Å². The van der Waals surface area contributed by atoms with E-state index < -0.39 is 21.3 Å². The molecule has 3 aliphatic rings. The molecular formula is C34H44Cl2Zr. The zero-order valence-corrected chi connectivity index (χ0v) is 28.1. The number of allylic oxidation sites excluding steroid dienone is 4. The second-order valence-corrected chi connectivity index (χ2v) is 20.0. The number of aryl methyl sites for hydroxylation is 1. The first-order valence-electron chi connectivity index (χ1n) is 13.9. The molecule has 0 heterocycles. The first-order chi connectivity index (χ1) is 16.5. The molecule has 0 spiro atoms. The van der Waals surface area contributed by atoms with E-state index in [4.69, 9.17) is 0 Å². The second-order valence-electron chi connectivity index (χ2n) is 13.3. The molecule has 0 aromatic heterocycles. The van der Waals surface area contributed by atoms with E-state index >= 15 is 0 Å². The summed E-state index contributed by atoms with van der Waals surface area (Å²) in [4.78, 5) is 0. The van der Waals surface area contributed by atoms with E-state index in [0.717, 1.165) is 6.42 Å². The van der Waals surface area contributed by atoms with Gasteiger partial charge in [-0.2, -0.15) is 0 Å². The van der Waals surface area contributed by atoms with Gasteiger partial charge in [0.2, 0.25) is 0 Å². The summed E-state index contributed by atoms with van der Waals surface area (Å²) in [5.74, 6) is 0. The fourth-order valence-corrected chi connectivity index (χ4v) is 16.2. The van der Waals surface area contributed by atoms with Crippen molar-refractivity contribution in [2.45, 2.75) is 108 Å². The smallest absolute Gasteiger partial charge is 1.00 e. The molecule has 1 fully saturated rings. The van der Waals surface area contributed by atoms with Gasteiger partial charge in [0.1, 0.15) is 0 Å². The Morgan fingerprint density at radius 1 is 0.730 bits per heavy atom. The van der Waals surface area contributed by atoms with Gasteiger partial charge in [0, 0.05) is 0 Å².